The second-order valence-corrected chi connectivity index (χ2v) is 12.3. The van der Waals surface area contributed by atoms with Crippen molar-refractivity contribution in [3.8, 4) is 12.3 Å². The van der Waals surface area contributed by atoms with Crippen LogP contribution in [0.2, 0.25) is 0 Å². The Morgan fingerprint density at radius 2 is 2.05 bits per heavy atom. The molecule has 9 heteroatoms. The van der Waals surface area contributed by atoms with Crippen LogP contribution < -0.4 is 5.32 Å². The fourth-order valence-electron chi connectivity index (χ4n) is 8.26. The second kappa shape index (κ2) is 10.5. The summed E-state index contributed by atoms with van der Waals surface area (Å²) in [6.45, 7) is 4.33. The Morgan fingerprint density at radius 1 is 1.26 bits per heavy atom. The topological polar surface area (TPSA) is 126 Å². The molecule has 1 aromatic heterocycles. The first-order valence-corrected chi connectivity index (χ1v) is 14.1. The zero-order valence-electron chi connectivity index (χ0n) is 23.2. The number of esters is 1. The van der Waals surface area contributed by atoms with Crippen molar-refractivity contribution in [2.45, 2.75) is 83.3 Å². The number of nitrogens with one attached hydrogen (secondary N) is 2. The van der Waals surface area contributed by atoms with E-state index in [2.05, 4.69) is 46.3 Å². The number of carbonyl (C=O) groups excluding carboxylic acids is 2. The standard InChI is InChI=1S/C30H40N4O5/c1-5-30(37)13-10-24-22-7-6-19-14-20(8-11-28(19,2)23(22)9-12-29(24,30)3)34-39-17-26(35)33-25(27(36)38-4)15-21-16-31-18-32-21/h1,14,16,18,22-25,37H,6-13,15,17H2,2-4H3,(H,31,32)(H,33,35)/t22?,23?,24?,25?,28-,29-,30+/m0/s1. The number of fused-ring (bicyclic) bond motifs is 5. The largest absolute Gasteiger partial charge is 0.467 e. The molecule has 5 rings (SSSR count). The van der Waals surface area contributed by atoms with Crippen molar-refractivity contribution >= 4 is 17.6 Å². The van der Waals surface area contributed by atoms with Crippen molar-refractivity contribution in [1.82, 2.24) is 15.3 Å². The third-order valence-corrected chi connectivity index (χ3v) is 10.5. The first-order valence-electron chi connectivity index (χ1n) is 14.1. The van der Waals surface area contributed by atoms with E-state index in [1.165, 1.54) is 19.0 Å². The summed E-state index contributed by atoms with van der Waals surface area (Å²) in [5.74, 6) is 3.40. The minimum atomic E-state index is -0.981. The molecular weight excluding hydrogens is 496 g/mol. The molecule has 4 unspecified atom stereocenters. The molecule has 3 fully saturated rings. The molecule has 7 atom stereocenters. The van der Waals surface area contributed by atoms with Gasteiger partial charge in [0.25, 0.3) is 5.91 Å². The van der Waals surface area contributed by atoms with Gasteiger partial charge in [-0.3, -0.25) is 4.79 Å². The van der Waals surface area contributed by atoms with E-state index in [0.717, 1.165) is 50.7 Å². The summed E-state index contributed by atoms with van der Waals surface area (Å²) >= 11 is 0. The van der Waals surface area contributed by atoms with Crippen molar-refractivity contribution in [2.24, 2.45) is 33.7 Å². The molecule has 1 aromatic rings. The number of methoxy groups -OCH3 is 1. The highest BCUT2D eigenvalue weighted by Gasteiger charge is 2.63. The molecule has 3 saturated carbocycles. The van der Waals surface area contributed by atoms with E-state index in [4.69, 9.17) is 16.0 Å². The summed E-state index contributed by atoms with van der Waals surface area (Å²) < 4.78 is 4.82. The third kappa shape index (κ3) is 4.77. The number of amides is 1. The molecule has 0 spiro atoms. The van der Waals surface area contributed by atoms with E-state index in [-0.39, 0.29) is 23.9 Å². The van der Waals surface area contributed by atoms with Crippen LogP contribution in [0.25, 0.3) is 0 Å². The molecule has 1 amide bonds. The molecule has 210 valence electrons. The Hall–Kier alpha value is -3.12. The second-order valence-electron chi connectivity index (χ2n) is 12.3. The van der Waals surface area contributed by atoms with Crippen molar-refractivity contribution in [1.29, 1.82) is 0 Å². The summed E-state index contributed by atoms with van der Waals surface area (Å²) in [7, 11) is 1.28. The van der Waals surface area contributed by atoms with Gasteiger partial charge in [-0.05, 0) is 80.6 Å². The van der Waals surface area contributed by atoms with E-state index in [1.807, 2.05) is 0 Å². The number of aromatic amines is 1. The summed E-state index contributed by atoms with van der Waals surface area (Å²) in [5.41, 5.74) is 1.91. The average molecular weight is 537 g/mol. The van der Waals surface area contributed by atoms with Gasteiger partial charge in [0.1, 0.15) is 11.6 Å². The SMILES string of the molecule is C#C[C@@]1(O)CCC2C3CCC4=CC(=NOCC(=O)NC(Cc5cnc[nH]5)C(=O)OC)CC[C@]4(C)C3CC[C@@]21C. The Balaban J connectivity index is 1.20. The van der Waals surface area contributed by atoms with Gasteiger partial charge in [-0.15, -0.1) is 6.42 Å². The minimum Gasteiger partial charge on any atom is -0.467 e. The number of allylic oxidation sites excluding steroid dienone is 2. The van der Waals surface area contributed by atoms with Gasteiger partial charge in [0.05, 0.1) is 19.1 Å². The van der Waals surface area contributed by atoms with E-state index in [0.29, 0.717) is 29.9 Å². The molecule has 1 heterocycles. The van der Waals surface area contributed by atoms with Crippen LogP contribution in [0.15, 0.2) is 29.3 Å². The Kier molecular flexibility index (Phi) is 7.36. The summed E-state index contributed by atoms with van der Waals surface area (Å²) in [6.07, 6.45) is 19.0. The molecule has 3 N–H and O–H groups in total. The van der Waals surface area contributed by atoms with Crippen molar-refractivity contribution in [3.63, 3.8) is 0 Å². The Morgan fingerprint density at radius 3 is 2.77 bits per heavy atom. The molecule has 0 aromatic carbocycles. The van der Waals surface area contributed by atoms with Gasteiger partial charge in [0.15, 0.2) is 6.61 Å². The van der Waals surface area contributed by atoms with Crippen LogP contribution in [0.1, 0.15) is 70.9 Å². The lowest BCUT2D eigenvalue weighted by Crippen LogP contribution is -2.54. The lowest BCUT2D eigenvalue weighted by Gasteiger charge is -2.58. The minimum absolute atomic E-state index is 0.109. The maximum atomic E-state index is 12.5. The number of terminal acetylenes is 1. The first kappa shape index (κ1) is 27.4. The smallest absolute Gasteiger partial charge is 0.328 e. The maximum Gasteiger partial charge on any atom is 0.328 e. The Bertz CT molecular complexity index is 1200. The number of aromatic nitrogens is 2. The van der Waals surface area contributed by atoms with Crippen LogP contribution in [0.4, 0.5) is 0 Å². The van der Waals surface area contributed by atoms with Crippen LogP contribution in [-0.4, -0.2) is 58.0 Å². The Labute approximate surface area is 230 Å². The molecule has 0 bridgehead atoms. The number of ether oxygens (including phenoxy) is 1. The van der Waals surface area contributed by atoms with Crippen LogP contribution in [0.3, 0.4) is 0 Å². The van der Waals surface area contributed by atoms with Crippen LogP contribution >= 0.6 is 0 Å². The lowest BCUT2D eigenvalue weighted by molar-refractivity contribution is -0.145. The monoisotopic (exact) mass is 536 g/mol. The van der Waals surface area contributed by atoms with E-state index in [1.54, 1.807) is 6.20 Å². The molecule has 0 aliphatic heterocycles. The fourth-order valence-corrected chi connectivity index (χ4v) is 8.26. The molecule has 39 heavy (non-hydrogen) atoms. The third-order valence-electron chi connectivity index (χ3n) is 10.5. The predicted octanol–water partition coefficient (Wildman–Crippen LogP) is 3.31. The van der Waals surface area contributed by atoms with Crippen LogP contribution in [0.5, 0.6) is 0 Å². The van der Waals surface area contributed by atoms with E-state index < -0.39 is 23.5 Å². The lowest BCUT2D eigenvalue weighted by atomic mass is 9.46. The number of aliphatic hydroxyl groups is 1. The molecule has 4 aliphatic carbocycles. The van der Waals surface area contributed by atoms with Crippen LogP contribution in [-0.2, 0) is 25.6 Å². The summed E-state index contributed by atoms with van der Waals surface area (Å²) in [6, 6.07) is -0.847. The van der Waals surface area contributed by atoms with Gasteiger partial charge in [-0.25, -0.2) is 9.78 Å². The van der Waals surface area contributed by atoms with Crippen molar-refractivity contribution in [2.75, 3.05) is 13.7 Å². The van der Waals surface area contributed by atoms with Crippen molar-refractivity contribution in [3.05, 3.63) is 29.9 Å². The summed E-state index contributed by atoms with van der Waals surface area (Å²) in [5, 5.41) is 18.2. The number of oxime groups is 1. The average Bonchev–Trinajstić information content (AvgIpc) is 3.53. The molecular formula is C30H40N4O5. The van der Waals surface area contributed by atoms with Crippen LogP contribution in [0, 0.1) is 40.9 Å². The number of hydrogen-bond acceptors (Lipinski definition) is 7. The molecule has 0 radical (unpaired) electrons. The molecule has 9 nitrogen and oxygen atoms in total. The quantitative estimate of drug-likeness (QED) is 0.279. The molecule has 4 aliphatic rings. The van der Waals surface area contributed by atoms with Gasteiger partial charge >= 0.3 is 5.97 Å². The predicted molar refractivity (Wildman–Crippen MR) is 145 cm³/mol. The van der Waals surface area contributed by atoms with Gasteiger partial charge in [0.2, 0.25) is 0 Å². The van der Waals surface area contributed by atoms with E-state index in [9.17, 15) is 14.7 Å². The summed E-state index contributed by atoms with van der Waals surface area (Å²) in [4.78, 5) is 36.9. The first-order chi connectivity index (χ1) is 18.6. The van der Waals surface area contributed by atoms with Gasteiger partial charge in [-0.2, -0.15) is 0 Å². The number of nitrogens with zero attached hydrogens (tertiary/aromatic N) is 2. The number of H-pyrrole nitrogens is 1. The van der Waals surface area contributed by atoms with Gasteiger partial charge < -0.3 is 25.0 Å². The zero-order chi connectivity index (χ0) is 27.8. The van der Waals surface area contributed by atoms with Crippen molar-refractivity contribution < 1.29 is 24.3 Å². The highest BCUT2D eigenvalue weighted by atomic mass is 16.6. The highest BCUT2D eigenvalue weighted by Crippen LogP contribution is 2.67. The highest BCUT2D eigenvalue weighted by molar-refractivity contribution is 5.96. The molecule has 0 saturated heterocycles. The van der Waals surface area contributed by atoms with E-state index >= 15 is 0 Å². The van der Waals surface area contributed by atoms with Gasteiger partial charge in [0, 0.05) is 23.7 Å². The number of hydrogen-bond donors (Lipinski definition) is 3. The number of carbonyl (C=O) groups is 2. The fraction of sp³-hybridized carbons (Fsp3) is 0.667. The maximum absolute atomic E-state index is 12.5. The number of rotatable bonds is 7. The zero-order valence-corrected chi connectivity index (χ0v) is 23.2. The normalized spacial score (nSPS) is 36.9. The van der Waals surface area contributed by atoms with Gasteiger partial charge in [-0.1, -0.05) is 30.5 Å². The number of imidazole rings is 1.